The summed E-state index contributed by atoms with van der Waals surface area (Å²) < 4.78 is 0.725. The van der Waals surface area contributed by atoms with Gasteiger partial charge in [0.2, 0.25) is 0 Å². The van der Waals surface area contributed by atoms with E-state index in [0.717, 1.165) is 14.9 Å². The first kappa shape index (κ1) is 13.1. The van der Waals surface area contributed by atoms with Crippen molar-refractivity contribution >= 4 is 28.8 Å². The lowest BCUT2D eigenvalue weighted by atomic mass is 10.2. The average Bonchev–Trinajstić information content (AvgIpc) is 2.76. The minimum atomic E-state index is -0.125. The number of nitrogens with zero attached hydrogens (tertiary/aromatic N) is 1. The largest absolute Gasteiger partial charge is 0.345 e. The van der Waals surface area contributed by atoms with Gasteiger partial charge in [-0.15, -0.1) is 11.3 Å². The summed E-state index contributed by atoms with van der Waals surface area (Å²) in [5.74, 6) is -0.125. The van der Waals surface area contributed by atoms with Gasteiger partial charge in [0, 0.05) is 16.8 Å². The predicted octanol–water partition coefficient (Wildman–Crippen LogP) is 3.60. The molecule has 3 nitrogen and oxygen atoms in total. The van der Waals surface area contributed by atoms with Crippen LogP contribution in [-0.4, -0.2) is 10.9 Å². The van der Waals surface area contributed by atoms with Crippen LogP contribution in [0.1, 0.15) is 33.9 Å². The van der Waals surface area contributed by atoms with E-state index in [9.17, 15) is 4.79 Å². The maximum absolute atomic E-state index is 12.0. The molecule has 0 aliphatic carbocycles. The molecular weight excluding hydrogens is 268 g/mol. The molecule has 18 heavy (non-hydrogen) atoms. The molecule has 0 bridgehead atoms. The lowest BCUT2D eigenvalue weighted by Gasteiger charge is -2.11. The number of nitrogens with one attached hydrogen (secondary N) is 1. The Labute approximate surface area is 115 Å². The molecule has 0 saturated heterocycles. The number of halogens is 1. The number of amides is 1. The minimum Gasteiger partial charge on any atom is -0.345 e. The van der Waals surface area contributed by atoms with Crippen LogP contribution in [0.15, 0.2) is 30.5 Å². The van der Waals surface area contributed by atoms with Gasteiger partial charge in [0.05, 0.1) is 15.9 Å². The Morgan fingerprint density at radius 1 is 1.39 bits per heavy atom. The number of thiophene rings is 1. The third kappa shape index (κ3) is 3.09. The van der Waals surface area contributed by atoms with E-state index in [4.69, 9.17) is 11.6 Å². The topological polar surface area (TPSA) is 42.0 Å². The lowest BCUT2D eigenvalue weighted by Crippen LogP contribution is -2.26. The molecule has 5 heteroatoms. The monoisotopic (exact) mass is 280 g/mol. The third-order valence-corrected chi connectivity index (χ3v) is 3.96. The van der Waals surface area contributed by atoms with Crippen molar-refractivity contribution in [2.45, 2.75) is 19.9 Å². The molecular formula is C13H13ClN2OS. The van der Waals surface area contributed by atoms with Crippen molar-refractivity contribution in [2.24, 2.45) is 0 Å². The van der Waals surface area contributed by atoms with Crippen LogP contribution in [0.4, 0.5) is 0 Å². The molecule has 2 aromatic heterocycles. The summed E-state index contributed by atoms with van der Waals surface area (Å²) in [5.41, 5.74) is 1.46. The first-order valence-corrected chi connectivity index (χ1v) is 6.74. The molecule has 0 aromatic carbocycles. The van der Waals surface area contributed by atoms with Crippen LogP contribution < -0.4 is 5.32 Å². The zero-order chi connectivity index (χ0) is 13.1. The fourth-order valence-electron chi connectivity index (χ4n) is 1.51. The van der Waals surface area contributed by atoms with Crippen LogP contribution in [0.5, 0.6) is 0 Å². The van der Waals surface area contributed by atoms with E-state index >= 15 is 0 Å². The molecule has 1 atom stereocenters. The Morgan fingerprint density at radius 3 is 2.72 bits per heavy atom. The smallest absolute Gasteiger partial charge is 0.253 e. The van der Waals surface area contributed by atoms with E-state index < -0.39 is 0 Å². The van der Waals surface area contributed by atoms with E-state index in [2.05, 4.69) is 10.3 Å². The van der Waals surface area contributed by atoms with Crippen molar-refractivity contribution in [1.29, 1.82) is 0 Å². The molecule has 1 unspecified atom stereocenters. The van der Waals surface area contributed by atoms with Crippen LogP contribution >= 0.6 is 22.9 Å². The maximum atomic E-state index is 12.0. The van der Waals surface area contributed by atoms with Crippen LogP contribution in [0, 0.1) is 6.92 Å². The van der Waals surface area contributed by atoms with Crippen LogP contribution in [0.25, 0.3) is 0 Å². The molecule has 0 aliphatic heterocycles. The van der Waals surface area contributed by atoms with Gasteiger partial charge in [-0.1, -0.05) is 11.6 Å². The summed E-state index contributed by atoms with van der Waals surface area (Å²) in [7, 11) is 0. The number of carbonyl (C=O) groups is 1. The Hall–Kier alpha value is -1.39. The van der Waals surface area contributed by atoms with Crippen LogP contribution in [0.2, 0.25) is 4.34 Å². The maximum Gasteiger partial charge on any atom is 0.253 e. The van der Waals surface area contributed by atoms with Crippen molar-refractivity contribution in [3.63, 3.8) is 0 Å². The van der Waals surface area contributed by atoms with E-state index in [1.807, 2.05) is 32.0 Å². The summed E-state index contributed by atoms with van der Waals surface area (Å²) >= 11 is 7.34. The van der Waals surface area contributed by atoms with Crippen molar-refractivity contribution < 1.29 is 4.79 Å². The molecule has 0 aliphatic rings. The molecule has 1 N–H and O–H groups in total. The molecule has 0 spiro atoms. The lowest BCUT2D eigenvalue weighted by molar-refractivity contribution is 0.0940. The van der Waals surface area contributed by atoms with Crippen molar-refractivity contribution in [2.75, 3.05) is 0 Å². The van der Waals surface area contributed by atoms with Gasteiger partial charge in [0.25, 0.3) is 5.91 Å². The van der Waals surface area contributed by atoms with E-state index in [-0.39, 0.29) is 11.9 Å². The summed E-state index contributed by atoms with van der Waals surface area (Å²) in [6.07, 6.45) is 1.58. The second kappa shape index (κ2) is 5.50. The fraction of sp³-hybridized carbons (Fsp3) is 0.231. The predicted molar refractivity (Wildman–Crippen MR) is 74.2 cm³/mol. The highest BCUT2D eigenvalue weighted by molar-refractivity contribution is 7.16. The zero-order valence-corrected chi connectivity index (χ0v) is 11.7. The Bertz CT molecular complexity index is 550. The minimum absolute atomic E-state index is 0.0590. The Balaban J connectivity index is 2.05. The average molecular weight is 281 g/mol. The molecule has 0 saturated carbocycles. The highest BCUT2D eigenvalue weighted by Gasteiger charge is 2.13. The molecule has 2 heterocycles. The number of aryl methyl sites for hydroxylation is 1. The molecule has 94 valence electrons. The fourth-order valence-corrected chi connectivity index (χ4v) is 2.58. The number of carbonyl (C=O) groups excluding carboxylic acids is 1. The number of hydrogen-bond acceptors (Lipinski definition) is 3. The van der Waals surface area contributed by atoms with Crippen molar-refractivity contribution in [3.05, 3.63) is 50.9 Å². The first-order chi connectivity index (χ1) is 8.56. The standard InChI is InChI=1S/C13H13ClN2OS/c1-8-3-4-10(7-15-8)13(17)16-9(2)11-5-6-12(14)18-11/h3-7,9H,1-2H3,(H,16,17). The zero-order valence-electron chi connectivity index (χ0n) is 10.1. The Kier molecular flexibility index (Phi) is 3.99. The van der Waals surface area contributed by atoms with Gasteiger partial charge in [-0.3, -0.25) is 9.78 Å². The van der Waals surface area contributed by atoms with Gasteiger partial charge in [-0.05, 0) is 38.1 Å². The molecule has 1 amide bonds. The SMILES string of the molecule is Cc1ccc(C(=O)NC(C)c2ccc(Cl)s2)cn1. The number of aromatic nitrogens is 1. The Morgan fingerprint density at radius 2 is 2.17 bits per heavy atom. The van der Waals surface area contributed by atoms with Gasteiger partial charge in [0.15, 0.2) is 0 Å². The number of rotatable bonds is 3. The highest BCUT2D eigenvalue weighted by Crippen LogP contribution is 2.26. The molecule has 2 aromatic rings. The second-order valence-corrected chi connectivity index (χ2v) is 5.77. The molecule has 2 rings (SSSR count). The normalized spacial score (nSPS) is 12.2. The summed E-state index contributed by atoms with van der Waals surface area (Å²) in [6, 6.07) is 7.28. The van der Waals surface area contributed by atoms with Gasteiger partial charge in [-0.2, -0.15) is 0 Å². The van der Waals surface area contributed by atoms with E-state index in [1.165, 1.54) is 11.3 Å². The summed E-state index contributed by atoms with van der Waals surface area (Å²) in [5, 5.41) is 2.92. The summed E-state index contributed by atoms with van der Waals surface area (Å²) in [6.45, 7) is 3.82. The van der Waals surface area contributed by atoms with E-state index in [1.54, 1.807) is 12.3 Å². The first-order valence-electron chi connectivity index (χ1n) is 5.55. The number of pyridine rings is 1. The van der Waals surface area contributed by atoms with Crippen LogP contribution in [-0.2, 0) is 0 Å². The highest BCUT2D eigenvalue weighted by atomic mass is 35.5. The van der Waals surface area contributed by atoms with Gasteiger partial charge >= 0.3 is 0 Å². The van der Waals surface area contributed by atoms with E-state index in [0.29, 0.717) is 5.56 Å². The summed E-state index contributed by atoms with van der Waals surface area (Å²) in [4.78, 5) is 17.1. The molecule has 0 radical (unpaired) electrons. The van der Waals surface area contributed by atoms with Gasteiger partial charge in [-0.25, -0.2) is 0 Å². The quantitative estimate of drug-likeness (QED) is 0.933. The van der Waals surface area contributed by atoms with Gasteiger partial charge < -0.3 is 5.32 Å². The van der Waals surface area contributed by atoms with Crippen molar-refractivity contribution in [3.8, 4) is 0 Å². The second-order valence-electron chi connectivity index (χ2n) is 4.03. The van der Waals surface area contributed by atoms with Crippen LogP contribution in [0.3, 0.4) is 0 Å². The van der Waals surface area contributed by atoms with Crippen molar-refractivity contribution in [1.82, 2.24) is 10.3 Å². The number of hydrogen-bond donors (Lipinski definition) is 1. The molecule has 0 fully saturated rings. The third-order valence-electron chi connectivity index (χ3n) is 2.54. The van der Waals surface area contributed by atoms with Gasteiger partial charge in [0.1, 0.15) is 0 Å².